The van der Waals surface area contributed by atoms with E-state index >= 15 is 0 Å². The molecule has 1 aliphatic heterocycles. The number of aliphatic hydroxyl groups is 1. The average molecular weight is 662 g/mol. The van der Waals surface area contributed by atoms with E-state index in [1.54, 1.807) is 31.3 Å². The molecule has 1 aliphatic rings. The molecule has 2 heterocycles. The number of carbonyl (C=O) groups excluding carboxylic acids is 2. The molecule has 0 bridgehead atoms. The Balaban J connectivity index is 1.16. The number of para-hydroxylation sites is 1. The maximum absolute atomic E-state index is 12.5. The maximum Gasteiger partial charge on any atom is 0.337 e. The third-order valence-corrected chi connectivity index (χ3v) is 8.58. The Morgan fingerprint density at radius 2 is 1.76 bits per heavy atom. The van der Waals surface area contributed by atoms with Crippen LogP contribution in [0.2, 0.25) is 0 Å². The number of hydrazone groups is 1. The summed E-state index contributed by atoms with van der Waals surface area (Å²) in [6.07, 6.45) is 0.595. The fourth-order valence-electron chi connectivity index (χ4n) is 6.24. The Labute approximate surface area is 284 Å². The minimum Gasteiger partial charge on any atom is -0.490 e. The number of hydrogen-bond donors (Lipinski definition) is 4. The minimum absolute atomic E-state index is 0.130. The maximum atomic E-state index is 12.5. The number of hydrogen-bond acceptors (Lipinski definition) is 8. The van der Waals surface area contributed by atoms with Crippen LogP contribution in [0.3, 0.4) is 0 Å². The van der Waals surface area contributed by atoms with E-state index in [-0.39, 0.29) is 12.2 Å². The van der Waals surface area contributed by atoms with Crippen LogP contribution in [-0.2, 0) is 16.1 Å². The first-order chi connectivity index (χ1) is 23.8. The number of ether oxygens (including phenoxy) is 3. The summed E-state index contributed by atoms with van der Waals surface area (Å²) in [5, 5.41) is 24.0. The van der Waals surface area contributed by atoms with Gasteiger partial charge in [0.05, 0.1) is 31.5 Å². The third kappa shape index (κ3) is 6.93. The number of amides is 2. The number of benzene rings is 4. The number of urea groups is 1. The van der Waals surface area contributed by atoms with E-state index < -0.39 is 24.3 Å². The monoisotopic (exact) mass is 661 g/mol. The molecule has 0 radical (unpaired) electrons. The van der Waals surface area contributed by atoms with Crippen LogP contribution in [-0.4, -0.2) is 54.4 Å². The Morgan fingerprint density at radius 1 is 1.00 bits per heavy atom. The summed E-state index contributed by atoms with van der Waals surface area (Å²) >= 11 is 0. The van der Waals surface area contributed by atoms with E-state index in [4.69, 9.17) is 14.2 Å². The number of aromatic nitrogens is 1. The van der Waals surface area contributed by atoms with Crippen LogP contribution in [0, 0.1) is 6.92 Å². The number of nitrogens with one attached hydrogen (secondary N) is 3. The molecule has 11 heteroatoms. The molecule has 1 aromatic heterocycles. The molecule has 0 spiro atoms. The van der Waals surface area contributed by atoms with Crippen molar-refractivity contribution >= 4 is 39.9 Å². The molecule has 0 saturated heterocycles. The number of methoxy groups -OCH3 is 1. The van der Waals surface area contributed by atoms with Crippen LogP contribution >= 0.6 is 0 Å². The van der Waals surface area contributed by atoms with Gasteiger partial charge in [-0.2, -0.15) is 5.10 Å². The summed E-state index contributed by atoms with van der Waals surface area (Å²) in [7, 11) is 1.29. The Bertz CT molecular complexity index is 2080. The van der Waals surface area contributed by atoms with Crippen molar-refractivity contribution in [3.8, 4) is 11.5 Å². The molecule has 252 valence electrons. The van der Waals surface area contributed by atoms with E-state index in [2.05, 4.69) is 87.2 Å². The first-order valence-corrected chi connectivity index (χ1v) is 16.1. The van der Waals surface area contributed by atoms with Gasteiger partial charge in [-0.3, -0.25) is 5.43 Å². The topological polar surface area (TPSA) is 135 Å². The predicted molar refractivity (Wildman–Crippen MR) is 189 cm³/mol. The Morgan fingerprint density at radius 3 is 2.55 bits per heavy atom. The first-order valence-electron chi connectivity index (χ1n) is 16.1. The number of carbonyl (C=O) groups is 2. The molecule has 0 saturated carbocycles. The summed E-state index contributed by atoms with van der Waals surface area (Å²) in [5.74, 6) is 0.205. The minimum atomic E-state index is -1.13. The molecule has 49 heavy (non-hydrogen) atoms. The smallest absolute Gasteiger partial charge is 0.337 e. The van der Waals surface area contributed by atoms with Crippen LogP contribution in [0.5, 0.6) is 11.5 Å². The van der Waals surface area contributed by atoms with Crippen LogP contribution in [0.1, 0.15) is 42.3 Å². The van der Waals surface area contributed by atoms with Crippen molar-refractivity contribution in [1.82, 2.24) is 20.6 Å². The highest BCUT2D eigenvalue weighted by atomic mass is 16.5. The van der Waals surface area contributed by atoms with Gasteiger partial charge in [-0.15, -0.1) is 0 Å². The number of esters is 1. The van der Waals surface area contributed by atoms with Gasteiger partial charge in [-0.05, 0) is 60.9 Å². The summed E-state index contributed by atoms with van der Waals surface area (Å²) in [4.78, 5) is 24.8. The van der Waals surface area contributed by atoms with E-state index in [0.29, 0.717) is 35.9 Å². The van der Waals surface area contributed by atoms with Gasteiger partial charge in [0.1, 0.15) is 6.61 Å². The number of fused-ring (bicyclic) bond motifs is 2. The van der Waals surface area contributed by atoms with Gasteiger partial charge in [0.2, 0.25) is 0 Å². The molecule has 4 aromatic carbocycles. The zero-order chi connectivity index (χ0) is 34.5. The van der Waals surface area contributed by atoms with E-state index in [0.717, 1.165) is 22.2 Å². The van der Waals surface area contributed by atoms with Crippen LogP contribution in [0.15, 0.2) is 101 Å². The lowest BCUT2D eigenvalue weighted by Crippen LogP contribution is -2.45. The third-order valence-electron chi connectivity index (χ3n) is 8.58. The Kier molecular flexibility index (Phi) is 9.82. The predicted octanol–water partition coefficient (Wildman–Crippen LogP) is 5.67. The second-order valence-corrected chi connectivity index (χ2v) is 11.7. The number of aliphatic hydroxyl groups excluding tert-OH is 1. The molecular weight excluding hydrogens is 622 g/mol. The zero-order valence-electron chi connectivity index (χ0n) is 27.8. The molecule has 6 rings (SSSR count). The molecule has 2 amide bonds. The van der Waals surface area contributed by atoms with Crippen molar-refractivity contribution in [2.24, 2.45) is 5.10 Å². The van der Waals surface area contributed by atoms with E-state index in [1.165, 1.54) is 23.4 Å². The van der Waals surface area contributed by atoms with Gasteiger partial charge >= 0.3 is 12.0 Å². The second kappa shape index (κ2) is 14.5. The molecule has 11 nitrogen and oxygen atoms in total. The average Bonchev–Trinajstić information content (AvgIpc) is 3.37. The van der Waals surface area contributed by atoms with Crippen molar-refractivity contribution in [3.05, 3.63) is 119 Å². The molecule has 5 aromatic rings. The number of nitrogens with zero attached hydrogens (tertiary/aromatic N) is 2. The SMILES string of the molecule is CCOc1cc([C@H]2NC(=O)NC(C)=C2C(=O)OC)ccc1OC[C@H](O)N/N=C/c1c(C)n(Cc2cccc3ccccc23)c2ccccc12. The fraction of sp³-hybridized carbons (Fsp3) is 0.237. The van der Waals surface area contributed by atoms with Gasteiger partial charge in [0.15, 0.2) is 17.7 Å². The lowest BCUT2D eigenvalue weighted by atomic mass is 9.95. The highest BCUT2D eigenvalue weighted by Crippen LogP contribution is 2.35. The summed E-state index contributed by atoms with van der Waals surface area (Å²) < 4.78 is 19.0. The van der Waals surface area contributed by atoms with Crippen LogP contribution in [0.25, 0.3) is 21.7 Å². The Hall–Kier alpha value is -5.81. The van der Waals surface area contributed by atoms with Crippen molar-refractivity contribution < 1.29 is 28.9 Å². The van der Waals surface area contributed by atoms with Gasteiger partial charge in [-0.25, -0.2) is 9.59 Å². The normalized spacial score (nSPS) is 15.3. The van der Waals surface area contributed by atoms with Gasteiger partial charge in [-0.1, -0.05) is 66.7 Å². The first kappa shape index (κ1) is 33.1. The fourth-order valence-corrected chi connectivity index (χ4v) is 6.24. The number of rotatable bonds is 12. The highest BCUT2D eigenvalue weighted by Gasteiger charge is 2.32. The number of allylic oxidation sites excluding steroid dienone is 1. The van der Waals surface area contributed by atoms with E-state index in [1.807, 2.05) is 19.1 Å². The van der Waals surface area contributed by atoms with Crippen LogP contribution in [0.4, 0.5) is 4.79 Å². The lowest BCUT2D eigenvalue weighted by molar-refractivity contribution is -0.136. The highest BCUT2D eigenvalue weighted by molar-refractivity contribution is 6.01. The van der Waals surface area contributed by atoms with E-state index in [9.17, 15) is 14.7 Å². The quantitative estimate of drug-likeness (QED) is 0.0586. The van der Waals surface area contributed by atoms with Crippen molar-refractivity contribution in [2.45, 2.75) is 39.6 Å². The zero-order valence-corrected chi connectivity index (χ0v) is 27.8. The molecular formula is C38H39N5O6. The lowest BCUT2D eigenvalue weighted by Gasteiger charge is -2.28. The molecule has 2 atom stereocenters. The summed E-state index contributed by atoms with van der Waals surface area (Å²) in [5.41, 5.74) is 8.37. The standard InChI is InChI=1S/C38H39N5O6/c1-5-48-33-19-26(36-35(37(45)47-4)23(2)40-38(46)41-36)17-18-32(33)49-22-34(44)42-39-20-30-24(3)43(31-16-9-8-15-29(30)31)21-27-13-10-12-25-11-6-7-14-28(25)27/h6-20,34,36,42,44H,5,21-22H2,1-4H3,(H2,40,41,46)/b39-20+/t34-,36+/m0/s1. The summed E-state index contributed by atoms with van der Waals surface area (Å²) in [6, 6.07) is 26.9. The second-order valence-electron chi connectivity index (χ2n) is 11.7. The molecule has 4 N–H and O–H groups in total. The van der Waals surface area contributed by atoms with Crippen LogP contribution < -0.4 is 25.5 Å². The summed E-state index contributed by atoms with van der Waals surface area (Å²) in [6.45, 7) is 6.47. The van der Waals surface area contributed by atoms with Crippen molar-refractivity contribution in [3.63, 3.8) is 0 Å². The molecule has 0 fully saturated rings. The molecule has 0 unspecified atom stereocenters. The largest absolute Gasteiger partial charge is 0.490 e. The van der Waals surface area contributed by atoms with Gasteiger partial charge in [0, 0.05) is 34.4 Å². The van der Waals surface area contributed by atoms with Gasteiger partial charge in [0.25, 0.3) is 0 Å². The molecule has 0 aliphatic carbocycles. The van der Waals surface area contributed by atoms with Gasteiger partial charge < -0.3 is 34.5 Å². The van der Waals surface area contributed by atoms with Crippen molar-refractivity contribution in [2.75, 3.05) is 20.3 Å². The van der Waals surface area contributed by atoms with Crippen molar-refractivity contribution in [1.29, 1.82) is 0 Å².